The lowest BCUT2D eigenvalue weighted by Gasteiger charge is -2.28. The van der Waals surface area contributed by atoms with E-state index in [1.807, 2.05) is 12.1 Å². The van der Waals surface area contributed by atoms with Gasteiger partial charge in [-0.2, -0.15) is 0 Å². The molecule has 0 atom stereocenters. The van der Waals surface area contributed by atoms with Gasteiger partial charge in [-0.25, -0.2) is 0 Å². The molecule has 0 aromatic heterocycles. The Kier molecular flexibility index (Phi) is 6.54. The van der Waals surface area contributed by atoms with Gasteiger partial charge in [0, 0.05) is 30.5 Å². The fourth-order valence-electron chi connectivity index (χ4n) is 3.42. The summed E-state index contributed by atoms with van der Waals surface area (Å²) in [6, 6.07) is 10.1. The molecule has 0 unspecified atom stereocenters. The van der Waals surface area contributed by atoms with Gasteiger partial charge in [-0.3, -0.25) is 14.9 Å². The predicted octanol–water partition coefficient (Wildman–Crippen LogP) is 4.24. The molecule has 1 aliphatic rings. The molecule has 0 spiro atoms. The zero-order chi connectivity index (χ0) is 20.8. The number of benzene rings is 2. The zero-order valence-electron chi connectivity index (χ0n) is 16.6. The average molecular weight is 399 g/mol. The highest BCUT2D eigenvalue weighted by Crippen LogP contribution is 2.35. The number of piperidine rings is 1. The van der Waals surface area contributed by atoms with Crippen LogP contribution in [-0.4, -0.2) is 37.6 Å². The lowest BCUT2D eigenvalue weighted by molar-refractivity contribution is -0.385. The van der Waals surface area contributed by atoms with Gasteiger partial charge in [-0.15, -0.1) is 0 Å². The summed E-state index contributed by atoms with van der Waals surface area (Å²) in [7, 11) is 1.42. The van der Waals surface area contributed by atoms with Gasteiger partial charge in [0.1, 0.15) is 5.56 Å². The largest absolute Gasteiger partial charge is 0.493 e. The Bertz CT molecular complexity index is 877. The minimum atomic E-state index is -0.601. The van der Waals surface area contributed by atoms with Crippen LogP contribution in [0.25, 0.3) is 0 Å². The number of hydrogen-bond donors (Lipinski definition) is 1. The minimum absolute atomic E-state index is 0.0876. The van der Waals surface area contributed by atoms with Crippen LogP contribution in [-0.2, 0) is 0 Å². The molecule has 2 aromatic carbocycles. The molecule has 1 saturated heterocycles. The molecule has 154 valence electrons. The number of nitrogens with zero attached hydrogens (tertiary/aromatic N) is 2. The van der Waals surface area contributed by atoms with Crippen molar-refractivity contribution in [1.82, 2.24) is 0 Å². The number of nitro groups is 1. The maximum Gasteiger partial charge on any atom is 0.286 e. The highest BCUT2D eigenvalue weighted by molar-refractivity contribution is 6.07. The number of ether oxygens (including phenoxy) is 2. The summed E-state index contributed by atoms with van der Waals surface area (Å²) < 4.78 is 10.6. The Morgan fingerprint density at radius 2 is 1.83 bits per heavy atom. The van der Waals surface area contributed by atoms with E-state index >= 15 is 0 Å². The van der Waals surface area contributed by atoms with Gasteiger partial charge in [-0.1, -0.05) is 0 Å². The zero-order valence-corrected chi connectivity index (χ0v) is 16.6. The molecular formula is C21H25N3O5. The van der Waals surface area contributed by atoms with Crippen LogP contribution in [0.4, 0.5) is 17.1 Å². The van der Waals surface area contributed by atoms with Gasteiger partial charge >= 0.3 is 0 Å². The Balaban J connectivity index is 1.81. The topological polar surface area (TPSA) is 93.9 Å². The van der Waals surface area contributed by atoms with Crippen molar-refractivity contribution in [2.24, 2.45) is 0 Å². The van der Waals surface area contributed by atoms with E-state index in [9.17, 15) is 14.9 Å². The normalized spacial score (nSPS) is 13.7. The van der Waals surface area contributed by atoms with E-state index in [-0.39, 0.29) is 22.7 Å². The standard InChI is InChI=1S/C21H25N3O5/c1-3-29-20-14-18(24(26)27)17(13-19(20)28-2)21(25)22-15-7-9-16(10-8-15)23-11-5-4-6-12-23/h7-10,13-14H,3-6,11-12H2,1-2H3,(H,22,25). The second-order valence-corrected chi connectivity index (χ2v) is 6.76. The fraction of sp³-hybridized carbons (Fsp3) is 0.381. The molecular weight excluding hydrogens is 374 g/mol. The summed E-state index contributed by atoms with van der Waals surface area (Å²) in [5.41, 5.74) is 1.25. The quantitative estimate of drug-likeness (QED) is 0.553. The highest BCUT2D eigenvalue weighted by Gasteiger charge is 2.25. The van der Waals surface area contributed by atoms with Crippen molar-refractivity contribution in [2.75, 3.05) is 37.0 Å². The molecule has 2 aromatic rings. The van der Waals surface area contributed by atoms with Crippen LogP contribution >= 0.6 is 0 Å². The van der Waals surface area contributed by atoms with Gasteiger partial charge in [-0.05, 0) is 50.5 Å². The number of carbonyl (C=O) groups is 1. The third-order valence-corrected chi connectivity index (χ3v) is 4.87. The summed E-state index contributed by atoms with van der Waals surface area (Å²) in [5.74, 6) is -0.0871. The van der Waals surface area contributed by atoms with E-state index in [4.69, 9.17) is 9.47 Å². The first kappa shape index (κ1) is 20.4. The summed E-state index contributed by atoms with van der Waals surface area (Å²) >= 11 is 0. The molecule has 1 fully saturated rings. The second kappa shape index (κ2) is 9.27. The molecule has 8 heteroatoms. The number of anilines is 2. The molecule has 0 bridgehead atoms. The van der Waals surface area contributed by atoms with Crippen LogP contribution in [0.5, 0.6) is 11.5 Å². The van der Waals surface area contributed by atoms with Crippen LogP contribution in [0.15, 0.2) is 36.4 Å². The van der Waals surface area contributed by atoms with Gasteiger partial charge in [0.2, 0.25) is 0 Å². The van der Waals surface area contributed by atoms with E-state index in [1.165, 1.54) is 38.5 Å². The van der Waals surface area contributed by atoms with Crippen molar-refractivity contribution in [3.63, 3.8) is 0 Å². The summed E-state index contributed by atoms with van der Waals surface area (Å²) in [5, 5.41) is 14.2. The van der Waals surface area contributed by atoms with Crippen molar-refractivity contribution in [2.45, 2.75) is 26.2 Å². The van der Waals surface area contributed by atoms with E-state index in [1.54, 1.807) is 19.1 Å². The van der Waals surface area contributed by atoms with Crippen molar-refractivity contribution in [3.8, 4) is 11.5 Å². The number of methoxy groups -OCH3 is 1. The van der Waals surface area contributed by atoms with E-state index in [0.717, 1.165) is 18.8 Å². The molecule has 1 heterocycles. The van der Waals surface area contributed by atoms with Crippen LogP contribution in [0.1, 0.15) is 36.5 Å². The number of carbonyl (C=O) groups excluding carboxylic acids is 1. The van der Waals surface area contributed by atoms with Gasteiger partial charge in [0.05, 0.1) is 24.7 Å². The number of nitro benzene ring substituents is 1. The van der Waals surface area contributed by atoms with Crippen LogP contribution in [0, 0.1) is 10.1 Å². The fourth-order valence-corrected chi connectivity index (χ4v) is 3.42. The number of hydrogen-bond acceptors (Lipinski definition) is 6. The number of rotatable bonds is 7. The minimum Gasteiger partial charge on any atom is -0.493 e. The lowest BCUT2D eigenvalue weighted by Crippen LogP contribution is -2.29. The molecule has 1 amide bonds. The molecule has 1 aliphatic heterocycles. The SMILES string of the molecule is CCOc1cc([N+](=O)[O-])c(C(=O)Nc2ccc(N3CCCCC3)cc2)cc1OC. The Labute approximate surface area is 169 Å². The van der Waals surface area contributed by atoms with Crippen molar-refractivity contribution in [1.29, 1.82) is 0 Å². The van der Waals surface area contributed by atoms with Gasteiger partial charge in [0.15, 0.2) is 11.5 Å². The number of amides is 1. The monoisotopic (exact) mass is 399 g/mol. The Morgan fingerprint density at radius 3 is 2.41 bits per heavy atom. The van der Waals surface area contributed by atoms with Crippen molar-refractivity contribution >= 4 is 23.0 Å². The third-order valence-electron chi connectivity index (χ3n) is 4.87. The van der Waals surface area contributed by atoms with Crippen molar-refractivity contribution in [3.05, 3.63) is 52.1 Å². The molecule has 1 N–H and O–H groups in total. The van der Waals surface area contributed by atoms with Crippen LogP contribution in [0.2, 0.25) is 0 Å². The number of nitrogens with one attached hydrogen (secondary N) is 1. The first-order valence-electron chi connectivity index (χ1n) is 9.69. The Morgan fingerprint density at radius 1 is 1.14 bits per heavy atom. The van der Waals surface area contributed by atoms with Gasteiger partial charge < -0.3 is 19.7 Å². The smallest absolute Gasteiger partial charge is 0.286 e. The molecule has 0 saturated carbocycles. The maximum atomic E-state index is 12.7. The molecule has 0 radical (unpaired) electrons. The summed E-state index contributed by atoms with van der Waals surface area (Å²) in [6.07, 6.45) is 3.62. The first-order valence-corrected chi connectivity index (χ1v) is 9.69. The van der Waals surface area contributed by atoms with Gasteiger partial charge in [0.25, 0.3) is 11.6 Å². The second-order valence-electron chi connectivity index (χ2n) is 6.76. The van der Waals surface area contributed by atoms with Crippen LogP contribution in [0.3, 0.4) is 0 Å². The Hall–Kier alpha value is -3.29. The molecule has 0 aliphatic carbocycles. The third kappa shape index (κ3) is 4.77. The first-order chi connectivity index (χ1) is 14.0. The van der Waals surface area contributed by atoms with E-state index in [2.05, 4.69) is 10.2 Å². The summed E-state index contributed by atoms with van der Waals surface area (Å²) in [6.45, 7) is 4.15. The van der Waals surface area contributed by atoms with Crippen molar-refractivity contribution < 1.29 is 19.2 Å². The lowest BCUT2D eigenvalue weighted by atomic mass is 10.1. The summed E-state index contributed by atoms with van der Waals surface area (Å²) in [4.78, 5) is 25.9. The van der Waals surface area contributed by atoms with E-state index < -0.39 is 10.8 Å². The highest BCUT2D eigenvalue weighted by atomic mass is 16.6. The maximum absolute atomic E-state index is 12.7. The molecule has 29 heavy (non-hydrogen) atoms. The molecule has 3 rings (SSSR count). The predicted molar refractivity (Wildman–Crippen MR) is 111 cm³/mol. The molecule has 8 nitrogen and oxygen atoms in total. The van der Waals surface area contributed by atoms with Crippen LogP contribution < -0.4 is 19.7 Å². The van der Waals surface area contributed by atoms with E-state index in [0.29, 0.717) is 12.3 Å². The average Bonchev–Trinajstić information content (AvgIpc) is 2.74.